The lowest BCUT2D eigenvalue weighted by Crippen LogP contribution is -2.32. The minimum atomic E-state index is -0.175. The number of rotatable bonds is 5. The van der Waals surface area contributed by atoms with Crippen LogP contribution in [0.5, 0.6) is 0 Å². The van der Waals surface area contributed by atoms with Crippen molar-refractivity contribution in [2.75, 3.05) is 6.54 Å². The maximum Gasteiger partial charge on any atom is 0.264 e. The van der Waals surface area contributed by atoms with Crippen LogP contribution in [0.4, 0.5) is 0 Å². The molecule has 7 heteroatoms. The van der Waals surface area contributed by atoms with Gasteiger partial charge in [-0.25, -0.2) is 4.98 Å². The van der Waals surface area contributed by atoms with E-state index in [-0.39, 0.29) is 18.1 Å². The summed E-state index contributed by atoms with van der Waals surface area (Å²) < 4.78 is 6.11. The van der Waals surface area contributed by atoms with Crippen molar-refractivity contribution in [1.82, 2.24) is 20.1 Å². The fraction of sp³-hybridized carbons (Fsp3) is 0.350. The minimum absolute atomic E-state index is 0.0198. The van der Waals surface area contributed by atoms with Crippen LogP contribution in [0, 0.1) is 13.8 Å². The van der Waals surface area contributed by atoms with Crippen molar-refractivity contribution in [1.29, 1.82) is 0 Å². The largest absolute Gasteiger partial charge is 0.372 e. The Labute approximate surface area is 162 Å². The second-order valence-corrected chi connectivity index (χ2v) is 8.10. The van der Waals surface area contributed by atoms with Crippen LogP contribution in [0.3, 0.4) is 0 Å². The predicted octanol–water partition coefficient (Wildman–Crippen LogP) is 3.66. The first-order valence-electron chi connectivity index (χ1n) is 9.02. The molecule has 1 fully saturated rings. The number of amides is 1. The number of likely N-dealkylation sites (tertiary alicyclic amines) is 1. The van der Waals surface area contributed by atoms with E-state index < -0.39 is 0 Å². The van der Waals surface area contributed by atoms with Crippen molar-refractivity contribution in [3.05, 3.63) is 69.4 Å². The summed E-state index contributed by atoms with van der Waals surface area (Å²) in [5.74, 6) is 1.42. The van der Waals surface area contributed by atoms with Crippen LogP contribution in [-0.4, -0.2) is 38.6 Å². The molecule has 140 valence electrons. The van der Waals surface area contributed by atoms with Gasteiger partial charge in [-0.05, 0) is 31.5 Å². The van der Waals surface area contributed by atoms with Gasteiger partial charge in [0, 0.05) is 17.8 Å². The van der Waals surface area contributed by atoms with Crippen LogP contribution in [0.2, 0.25) is 0 Å². The fourth-order valence-corrected chi connectivity index (χ4v) is 4.20. The third-order valence-corrected chi connectivity index (χ3v) is 5.70. The van der Waals surface area contributed by atoms with E-state index in [4.69, 9.17) is 4.74 Å². The zero-order valence-corrected chi connectivity index (χ0v) is 16.2. The summed E-state index contributed by atoms with van der Waals surface area (Å²) in [7, 11) is 0. The molecule has 1 aliphatic heterocycles. The summed E-state index contributed by atoms with van der Waals surface area (Å²) in [6.07, 6.45) is 0.652. The van der Waals surface area contributed by atoms with Gasteiger partial charge in [0.05, 0.1) is 23.6 Å². The molecule has 0 unspecified atom stereocenters. The molecular formula is C20H22N4O2S. The molecule has 0 aliphatic carbocycles. The second kappa shape index (κ2) is 7.62. The lowest BCUT2D eigenvalue weighted by molar-refractivity contribution is 0.0438. The zero-order valence-electron chi connectivity index (χ0n) is 15.4. The van der Waals surface area contributed by atoms with E-state index in [0.717, 1.165) is 21.1 Å². The number of carbonyl (C=O) groups excluding carboxylic acids is 1. The Morgan fingerprint density at radius 3 is 2.74 bits per heavy atom. The molecule has 3 heterocycles. The number of hydrogen-bond acceptors (Lipinski definition) is 5. The Bertz CT molecular complexity index is 921. The molecule has 1 aromatic carbocycles. The quantitative estimate of drug-likeness (QED) is 0.731. The zero-order chi connectivity index (χ0) is 18.8. The maximum absolute atomic E-state index is 13.1. The molecule has 4 rings (SSSR count). The van der Waals surface area contributed by atoms with E-state index in [1.807, 2.05) is 61.2 Å². The Morgan fingerprint density at radius 2 is 2.07 bits per heavy atom. The van der Waals surface area contributed by atoms with E-state index >= 15 is 0 Å². The number of carbonyl (C=O) groups is 1. The number of hydrogen-bond donors (Lipinski definition) is 1. The number of ether oxygens (including phenoxy) is 1. The lowest BCUT2D eigenvalue weighted by Gasteiger charge is -2.21. The Kier molecular flexibility index (Phi) is 5.05. The van der Waals surface area contributed by atoms with Gasteiger partial charge >= 0.3 is 0 Å². The van der Waals surface area contributed by atoms with Gasteiger partial charge in [0.2, 0.25) is 0 Å². The van der Waals surface area contributed by atoms with Crippen molar-refractivity contribution in [2.45, 2.75) is 39.0 Å². The van der Waals surface area contributed by atoms with Crippen molar-refractivity contribution in [2.24, 2.45) is 0 Å². The fourth-order valence-electron chi connectivity index (χ4n) is 3.38. The number of aromatic amines is 1. The summed E-state index contributed by atoms with van der Waals surface area (Å²) in [6, 6.07) is 13.8. The minimum Gasteiger partial charge on any atom is -0.372 e. The average molecular weight is 382 g/mol. The van der Waals surface area contributed by atoms with Crippen molar-refractivity contribution >= 4 is 17.2 Å². The molecule has 0 bridgehead atoms. The predicted molar refractivity (Wildman–Crippen MR) is 104 cm³/mol. The number of H-pyrrole nitrogens is 1. The van der Waals surface area contributed by atoms with Gasteiger partial charge < -0.3 is 9.64 Å². The highest BCUT2D eigenvalue weighted by Gasteiger charge is 2.39. The first-order chi connectivity index (χ1) is 13.1. The molecule has 1 N–H and O–H groups in total. The summed E-state index contributed by atoms with van der Waals surface area (Å²) in [6.45, 7) is 4.95. The maximum atomic E-state index is 13.1. The third kappa shape index (κ3) is 3.94. The number of benzene rings is 1. The Hall–Kier alpha value is -2.51. The average Bonchev–Trinajstić information content (AvgIpc) is 3.40. The van der Waals surface area contributed by atoms with Gasteiger partial charge in [0.1, 0.15) is 5.82 Å². The summed E-state index contributed by atoms with van der Waals surface area (Å²) in [4.78, 5) is 21.3. The molecule has 3 aromatic rings. The van der Waals surface area contributed by atoms with Crippen LogP contribution in [-0.2, 0) is 11.3 Å². The van der Waals surface area contributed by atoms with Gasteiger partial charge in [-0.3, -0.25) is 9.89 Å². The summed E-state index contributed by atoms with van der Waals surface area (Å²) in [5, 5.41) is 7.18. The number of aromatic nitrogens is 3. The standard InChI is InChI=1S/C20H22N4O2S/c1-13-8-9-18(27-13)20(25)24-11-16(26-12-15-6-4-3-5-7-15)10-17(24)19-21-14(2)22-23-19/h3-9,16-17H,10-12H2,1-2H3,(H,21,22,23)/t16-,17-/m0/s1. The van der Waals surface area contributed by atoms with E-state index in [1.54, 1.807) is 0 Å². The Balaban J connectivity index is 1.52. The van der Waals surface area contributed by atoms with Gasteiger partial charge in [-0.1, -0.05) is 30.3 Å². The van der Waals surface area contributed by atoms with Crippen molar-refractivity contribution in [3.63, 3.8) is 0 Å². The smallest absolute Gasteiger partial charge is 0.264 e. The topological polar surface area (TPSA) is 71.1 Å². The molecule has 27 heavy (non-hydrogen) atoms. The molecule has 0 saturated carbocycles. The first-order valence-corrected chi connectivity index (χ1v) is 9.83. The van der Waals surface area contributed by atoms with Gasteiger partial charge in [0.25, 0.3) is 5.91 Å². The van der Waals surface area contributed by atoms with Crippen molar-refractivity contribution in [3.8, 4) is 0 Å². The van der Waals surface area contributed by atoms with E-state index in [9.17, 15) is 4.79 Å². The monoisotopic (exact) mass is 382 g/mol. The number of aryl methyl sites for hydroxylation is 2. The first kappa shape index (κ1) is 17.9. The molecule has 6 nitrogen and oxygen atoms in total. The molecule has 1 aliphatic rings. The number of thiophene rings is 1. The normalized spacial score (nSPS) is 19.6. The van der Waals surface area contributed by atoms with Gasteiger partial charge in [0.15, 0.2) is 5.82 Å². The molecule has 2 aromatic heterocycles. The second-order valence-electron chi connectivity index (χ2n) is 6.82. The Morgan fingerprint density at radius 1 is 1.26 bits per heavy atom. The van der Waals surface area contributed by atoms with Crippen LogP contribution >= 0.6 is 11.3 Å². The molecule has 1 saturated heterocycles. The number of nitrogens with zero attached hydrogens (tertiary/aromatic N) is 3. The SMILES string of the molecule is Cc1nc([C@@H]2C[C@H](OCc3ccccc3)CN2C(=O)c2ccc(C)s2)n[nH]1. The lowest BCUT2D eigenvalue weighted by atomic mass is 10.2. The van der Waals surface area contributed by atoms with Crippen LogP contribution in [0.1, 0.15) is 44.2 Å². The highest BCUT2D eigenvalue weighted by atomic mass is 32.1. The molecular weight excluding hydrogens is 360 g/mol. The molecule has 2 atom stereocenters. The molecule has 0 spiro atoms. The highest BCUT2D eigenvalue weighted by Crippen LogP contribution is 2.34. The van der Waals surface area contributed by atoms with Crippen LogP contribution in [0.15, 0.2) is 42.5 Å². The highest BCUT2D eigenvalue weighted by molar-refractivity contribution is 7.13. The molecule has 0 radical (unpaired) electrons. The van der Waals surface area contributed by atoms with E-state index in [0.29, 0.717) is 25.4 Å². The van der Waals surface area contributed by atoms with E-state index in [1.165, 1.54) is 11.3 Å². The third-order valence-electron chi connectivity index (χ3n) is 4.72. The van der Waals surface area contributed by atoms with Crippen LogP contribution in [0.25, 0.3) is 0 Å². The molecule has 1 amide bonds. The van der Waals surface area contributed by atoms with E-state index in [2.05, 4.69) is 15.2 Å². The number of nitrogens with one attached hydrogen (secondary N) is 1. The van der Waals surface area contributed by atoms with Gasteiger partial charge in [-0.2, -0.15) is 5.10 Å². The van der Waals surface area contributed by atoms with Crippen LogP contribution < -0.4 is 0 Å². The van der Waals surface area contributed by atoms with Gasteiger partial charge in [-0.15, -0.1) is 11.3 Å². The summed E-state index contributed by atoms with van der Waals surface area (Å²) >= 11 is 1.52. The van der Waals surface area contributed by atoms with Crippen molar-refractivity contribution < 1.29 is 9.53 Å². The summed E-state index contributed by atoms with van der Waals surface area (Å²) in [5.41, 5.74) is 1.13.